The van der Waals surface area contributed by atoms with Crippen LogP contribution in [0.1, 0.15) is 45.8 Å². The number of ether oxygens (including phenoxy) is 1. The van der Waals surface area contributed by atoms with Crippen LogP contribution in [0.4, 0.5) is 0 Å². The van der Waals surface area contributed by atoms with Gasteiger partial charge in [-0.05, 0) is 54.2 Å². The van der Waals surface area contributed by atoms with Gasteiger partial charge in [0.05, 0.1) is 13.2 Å². The minimum absolute atomic E-state index is 0.113. The standard InChI is InChI=1S/C26H38O2Si/c1-17-15-22-18(2)16-26(3,4)24(22)23(21(17)13-14-29(6,7)8)25(27)19-9-11-20(28-5)12-10-19/h9-12,15,18,21-25,27H,16H2,1-8H3/t18-,21-,22-,23-,24-,25-/m0/s1. The van der Waals surface area contributed by atoms with Gasteiger partial charge in [-0.25, -0.2) is 0 Å². The fourth-order valence-electron chi connectivity index (χ4n) is 5.85. The van der Waals surface area contributed by atoms with Gasteiger partial charge in [0.2, 0.25) is 0 Å². The van der Waals surface area contributed by atoms with Gasteiger partial charge in [0.25, 0.3) is 0 Å². The van der Waals surface area contributed by atoms with Crippen LogP contribution in [-0.2, 0) is 0 Å². The minimum atomic E-state index is -1.50. The highest BCUT2D eigenvalue weighted by Crippen LogP contribution is 2.60. The molecule has 0 aliphatic heterocycles. The number of allylic oxidation sites excluding steroid dienone is 2. The zero-order chi connectivity index (χ0) is 21.6. The van der Waals surface area contributed by atoms with E-state index in [2.05, 4.69) is 64.9 Å². The third-order valence-corrected chi connectivity index (χ3v) is 7.89. The average Bonchev–Trinajstić information content (AvgIpc) is 2.86. The van der Waals surface area contributed by atoms with Gasteiger partial charge < -0.3 is 9.84 Å². The van der Waals surface area contributed by atoms with Crippen molar-refractivity contribution < 1.29 is 9.84 Å². The SMILES string of the molecule is COc1ccc([C@H](O)[C@@H]2[C@@H]3[C@@H](C=C(C)[C@@H]2C#C[Si](C)(C)C)[C@@H](C)CC3(C)C)cc1. The number of hydrogen-bond acceptors (Lipinski definition) is 2. The molecule has 1 aromatic carbocycles. The Labute approximate surface area is 178 Å². The zero-order valence-corrected chi connectivity index (χ0v) is 20.4. The lowest BCUT2D eigenvalue weighted by molar-refractivity contribution is 0.00308. The van der Waals surface area contributed by atoms with Gasteiger partial charge in [-0.2, -0.15) is 0 Å². The molecule has 1 N–H and O–H groups in total. The minimum Gasteiger partial charge on any atom is -0.497 e. The Balaban J connectivity index is 2.09. The maximum absolute atomic E-state index is 11.7. The number of rotatable bonds is 3. The monoisotopic (exact) mass is 410 g/mol. The summed E-state index contributed by atoms with van der Waals surface area (Å²) in [6.07, 6.45) is 3.17. The van der Waals surface area contributed by atoms with Gasteiger partial charge in [0.15, 0.2) is 0 Å². The number of aliphatic hydroxyl groups is 1. The van der Waals surface area contributed by atoms with Gasteiger partial charge >= 0.3 is 0 Å². The molecule has 0 spiro atoms. The largest absolute Gasteiger partial charge is 0.497 e. The van der Waals surface area contributed by atoms with Crippen LogP contribution in [0.25, 0.3) is 0 Å². The summed E-state index contributed by atoms with van der Waals surface area (Å²) in [4.78, 5) is 0. The molecule has 1 saturated carbocycles. The lowest BCUT2D eigenvalue weighted by atomic mass is 9.59. The van der Waals surface area contributed by atoms with Crippen LogP contribution in [0.3, 0.4) is 0 Å². The van der Waals surface area contributed by atoms with E-state index in [1.807, 2.05) is 24.3 Å². The molecular formula is C26H38O2Si. The topological polar surface area (TPSA) is 29.5 Å². The summed E-state index contributed by atoms with van der Waals surface area (Å²) in [5, 5.41) is 11.7. The van der Waals surface area contributed by atoms with Crippen LogP contribution in [0.2, 0.25) is 19.6 Å². The Hall–Kier alpha value is -1.50. The second-order valence-electron chi connectivity index (χ2n) is 11.0. The molecule has 0 aromatic heterocycles. The molecule has 3 heteroatoms. The second kappa shape index (κ2) is 7.97. The Kier molecular flexibility index (Phi) is 6.10. The van der Waals surface area contributed by atoms with Crippen LogP contribution >= 0.6 is 0 Å². The first-order chi connectivity index (χ1) is 13.4. The summed E-state index contributed by atoms with van der Waals surface area (Å²) in [6, 6.07) is 7.93. The molecule has 158 valence electrons. The fourth-order valence-corrected chi connectivity index (χ4v) is 6.44. The number of methoxy groups -OCH3 is 1. The van der Waals surface area contributed by atoms with Crippen molar-refractivity contribution in [2.75, 3.05) is 7.11 Å². The second-order valence-corrected chi connectivity index (χ2v) is 15.7. The van der Waals surface area contributed by atoms with Crippen LogP contribution in [0.15, 0.2) is 35.9 Å². The first-order valence-electron chi connectivity index (χ1n) is 11.0. The predicted molar refractivity (Wildman–Crippen MR) is 124 cm³/mol. The third kappa shape index (κ3) is 4.49. The molecule has 0 unspecified atom stereocenters. The Bertz CT molecular complexity index is 819. The average molecular weight is 411 g/mol. The highest BCUT2D eigenvalue weighted by molar-refractivity contribution is 6.83. The number of fused-ring (bicyclic) bond motifs is 1. The maximum atomic E-state index is 11.7. The van der Waals surface area contributed by atoms with E-state index in [9.17, 15) is 5.11 Å². The molecule has 2 nitrogen and oxygen atoms in total. The van der Waals surface area contributed by atoms with Crippen LogP contribution in [0.5, 0.6) is 5.75 Å². The summed E-state index contributed by atoms with van der Waals surface area (Å²) in [6.45, 7) is 16.3. The first-order valence-corrected chi connectivity index (χ1v) is 14.5. The van der Waals surface area contributed by atoms with Crippen LogP contribution in [0, 0.1) is 46.5 Å². The van der Waals surface area contributed by atoms with Crippen molar-refractivity contribution in [2.45, 2.75) is 59.9 Å². The molecule has 2 aliphatic carbocycles. The Morgan fingerprint density at radius 2 is 1.79 bits per heavy atom. The fraction of sp³-hybridized carbons (Fsp3) is 0.615. The van der Waals surface area contributed by atoms with Gasteiger partial charge in [-0.1, -0.05) is 64.2 Å². The van der Waals surface area contributed by atoms with E-state index in [0.29, 0.717) is 17.8 Å². The normalized spacial score (nSPS) is 31.9. The molecule has 3 rings (SSSR count). The van der Waals surface area contributed by atoms with E-state index in [1.54, 1.807) is 7.11 Å². The van der Waals surface area contributed by atoms with E-state index in [4.69, 9.17) is 4.74 Å². The molecule has 0 heterocycles. The molecule has 0 saturated heterocycles. The molecular weight excluding hydrogens is 372 g/mol. The molecule has 2 aliphatic rings. The number of hydrogen-bond donors (Lipinski definition) is 1. The summed E-state index contributed by atoms with van der Waals surface area (Å²) in [5.74, 6) is 6.30. The van der Waals surface area contributed by atoms with E-state index in [-0.39, 0.29) is 17.3 Å². The molecule has 29 heavy (non-hydrogen) atoms. The lowest BCUT2D eigenvalue weighted by Crippen LogP contribution is -2.41. The predicted octanol–water partition coefficient (Wildman–Crippen LogP) is 6.10. The van der Waals surface area contributed by atoms with Crippen molar-refractivity contribution in [3.63, 3.8) is 0 Å². The number of benzene rings is 1. The van der Waals surface area contributed by atoms with Crippen molar-refractivity contribution in [3.8, 4) is 17.2 Å². The summed E-state index contributed by atoms with van der Waals surface area (Å²) >= 11 is 0. The highest BCUT2D eigenvalue weighted by atomic mass is 28.3. The van der Waals surface area contributed by atoms with Crippen LogP contribution in [-0.4, -0.2) is 20.3 Å². The summed E-state index contributed by atoms with van der Waals surface area (Å²) in [5.41, 5.74) is 6.12. The Morgan fingerprint density at radius 3 is 2.34 bits per heavy atom. The van der Waals surface area contributed by atoms with E-state index in [1.165, 1.54) is 12.0 Å². The van der Waals surface area contributed by atoms with Gasteiger partial charge in [0, 0.05) is 11.8 Å². The summed E-state index contributed by atoms with van der Waals surface area (Å²) < 4.78 is 5.32. The van der Waals surface area contributed by atoms with Crippen molar-refractivity contribution in [1.82, 2.24) is 0 Å². The maximum Gasteiger partial charge on any atom is 0.129 e. The van der Waals surface area contributed by atoms with Crippen molar-refractivity contribution >= 4 is 8.07 Å². The molecule has 6 atom stereocenters. The Morgan fingerprint density at radius 1 is 1.17 bits per heavy atom. The van der Waals surface area contributed by atoms with Gasteiger partial charge in [-0.15, -0.1) is 11.5 Å². The van der Waals surface area contributed by atoms with Crippen LogP contribution < -0.4 is 4.74 Å². The quantitative estimate of drug-likeness (QED) is 0.370. The lowest BCUT2D eigenvalue weighted by Gasteiger charge is -2.45. The molecule has 0 amide bonds. The van der Waals surface area contributed by atoms with Gasteiger partial charge in [-0.3, -0.25) is 0 Å². The zero-order valence-electron chi connectivity index (χ0n) is 19.4. The molecule has 0 bridgehead atoms. The van der Waals surface area contributed by atoms with E-state index >= 15 is 0 Å². The van der Waals surface area contributed by atoms with Gasteiger partial charge in [0.1, 0.15) is 13.8 Å². The van der Waals surface area contributed by atoms with Crippen molar-refractivity contribution in [1.29, 1.82) is 0 Å². The van der Waals surface area contributed by atoms with Crippen molar-refractivity contribution in [2.24, 2.45) is 35.0 Å². The molecule has 1 aromatic rings. The molecule has 0 radical (unpaired) electrons. The molecule has 1 fully saturated rings. The third-order valence-electron chi connectivity index (χ3n) is 6.99. The van der Waals surface area contributed by atoms with E-state index in [0.717, 1.165) is 11.3 Å². The highest BCUT2D eigenvalue weighted by Gasteiger charge is 2.54. The van der Waals surface area contributed by atoms with Crippen molar-refractivity contribution in [3.05, 3.63) is 41.5 Å². The summed E-state index contributed by atoms with van der Waals surface area (Å²) in [7, 11) is 0.180. The first kappa shape index (κ1) is 22.2. The smallest absolute Gasteiger partial charge is 0.129 e. The van der Waals surface area contributed by atoms with E-state index < -0.39 is 14.2 Å². The number of aliphatic hydroxyl groups excluding tert-OH is 1.